The molecular formula is C35H49NO3. The molecule has 2 aromatic carbocycles. The van der Waals surface area contributed by atoms with Gasteiger partial charge < -0.3 is 9.47 Å². The summed E-state index contributed by atoms with van der Waals surface area (Å²) in [5, 5.41) is 10.1. The normalized spacial score (nSPS) is 19.7. The Kier molecular flexibility index (Phi) is 12.9. The summed E-state index contributed by atoms with van der Waals surface area (Å²) in [7, 11) is 0. The van der Waals surface area contributed by atoms with Gasteiger partial charge in [-0.15, -0.1) is 0 Å². The molecule has 2 aromatic rings. The summed E-state index contributed by atoms with van der Waals surface area (Å²) in [6.07, 6.45) is 13.6. The highest BCUT2D eigenvalue weighted by Crippen LogP contribution is 2.47. The van der Waals surface area contributed by atoms with Gasteiger partial charge in [-0.2, -0.15) is 5.26 Å². The highest BCUT2D eigenvalue weighted by atomic mass is 16.5. The Hall–Kier alpha value is -2.80. The molecule has 3 rings (SSSR count). The Bertz CT molecular complexity index is 1010. The van der Waals surface area contributed by atoms with E-state index in [1.165, 1.54) is 48.8 Å². The number of hydrogen-bond acceptors (Lipinski definition) is 4. The summed E-state index contributed by atoms with van der Waals surface area (Å²) in [5.74, 6) is 1.32. The lowest BCUT2D eigenvalue weighted by molar-refractivity contribution is -0.146. The molecule has 0 aromatic heterocycles. The standard InChI is InChI=1S/C35H49NO3/c1-4-6-8-9-10-11-25-38-33-19-17-31(18-20-33)29-13-15-30(16-14-29)32-21-23-35(27-36,24-22-32)28(3)26-39-34(37)12-7-5-2/h13-20,28,32H,4-12,21-26H2,1-3H3. The molecule has 0 spiro atoms. The molecule has 1 unspecified atom stereocenters. The third-order valence-electron chi connectivity index (χ3n) is 8.61. The average molecular weight is 532 g/mol. The fraction of sp³-hybridized carbons (Fsp3) is 0.600. The molecular weight excluding hydrogens is 482 g/mol. The van der Waals surface area contributed by atoms with E-state index in [0.717, 1.165) is 57.3 Å². The van der Waals surface area contributed by atoms with Crippen LogP contribution in [0.4, 0.5) is 0 Å². The van der Waals surface area contributed by atoms with Gasteiger partial charge in [0.1, 0.15) is 5.75 Å². The molecule has 0 saturated heterocycles. The Morgan fingerprint density at radius 2 is 1.49 bits per heavy atom. The first-order valence-corrected chi connectivity index (χ1v) is 15.4. The number of benzene rings is 2. The molecule has 212 valence electrons. The SMILES string of the molecule is CCCCCCCCOc1ccc(-c2ccc(C3CCC(C#N)(C(C)COC(=O)CCCC)CC3)cc2)cc1. The maximum Gasteiger partial charge on any atom is 0.305 e. The smallest absolute Gasteiger partial charge is 0.305 e. The summed E-state index contributed by atoms with van der Waals surface area (Å²) in [6.45, 7) is 7.52. The number of nitrogens with zero attached hydrogens (tertiary/aromatic N) is 1. The first-order valence-electron chi connectivity index (χ1n) is 15.4. The number of carbonyl (C=O) groups is 1. The summed E-state index contributed by atoms with van der Waals surface area (Å²) >= 11 is 0. The van der Waals surface area contributed by atoms with Crippen LogP contribution in [-0.2, 0) is 9.53 Å². The third-order valence-corrected chi connectivity index (χ3v) is 8.61. The lowest BCUT2D eigenvalue weighted by Crippen LogP contribution is -2.35. The highest BCUT2D eigenvalue weighted by Gasteiger charge is 2.41. The second-order valence-corrected chi connectivity index (χ2v) is 11.5. The minimum absolute atomic E-state index is 0.0501. The maximum absolute atomic E-state index is 11.9. The average Bonchev–Trinajstić information content (AvgIpc) is 2.98. The van der Waals surface area contributed by atoms with Gasteiger partial charge in [-0.3, -0.25) is 4.79 Å². The van der Waals surface area contributed by atoms with E-state index < -0.39 is 5.41 Å². The van der Waals surface area contributed by atoms with Crippen LogP contribution < -0.4 is 4.74 Å². The van der Waals surface area contributed by atoms with Gasteiger partial charge in [0, 0.05) is 12.3 Å². The van der Waals surface area contributed by atoms with Crippen molar-refractivity contribution in [2.45, 2.75) is 110 Å². The van der Waals surface area contributed by atoms with Crippen LogP contribution in [0.2, 0.25) is 0 Å². The summed E-state index contributed by atoms with van der Waals surface area (Å²) < 4.78 is 11.4. The Morgan fingerprint density at radius 3 is 2.10 bits per heavy atom. The van der Waals surface area contributed by atoms with Crippen molar-refractivity contribution in [3.05, 3.63) is 54.1 Å². The van der Waals surface area contributed by atoms with Crippen LogP contribution in [0.3, 0.4) is 0 Å². The number of carbonyl (C=O) groups excluding carboxylic acids is 1. The van der Waals surface area contributed by atoms with Gasteiger partial charge in [-0.05, 0) is 73.3 Å². The quantitative estimate of drug-likeness (QED) is 0.160. The van der Waals surface area contributed by atoms with E-state index in [0.29, 0.717) is 18.9 Å². The van der Waals surface area contributed by atoms with Crippen LogP contribution in [0, 0.1) is 22.7 Å². The number of unbranched alkanes of at least 4 members (excludes halogenated alkanes) is 6. The van der Waals surface area contributed by atoms with Gasteiger partial charge in [-0.25, -0.2) is 0 Å². The number of nitriles is 1. The van der Waals surface area contributed by atoms with E-state index in [2.05, 4.69) is 75.4 Å². The summed E-state index contributed by atoms with van der Waals surface area (Å²) in [5.41, 5.74) is 3.35. The van der Waals surface area contributed by atoms with Crippen molar-refractivity contribution in [1.82, 2.24) is 0 Å². The molecule has 39 heavy (non-hydrogen) atoms. The van der Waals surface area contributed by atoms with Crippen LogP contribution >= 0.6 is 0 Å². The minimum Gasteiger partial charge on any atom is -0.494 e. The zero-order valence-electron chi connectivity index (χ0n) is 24.6. The second-order valence-electron chi connectivity index (χ2n) is 11.5. The molecule has 0 heterocycles. The molecule has 0 radical (unpaired) electrons. The summed E-state index contributed by atoms with van der Waals surface area (Å²) in [6, 6.07) is 20.0. The highest BCUT2D eigenvalue weighted by molar-refractivity contribution is 5.69. The monoisotopic (exact) mass is 531 g/mol. The van der Waals surface area contributed by atoms with E-state index >= 15 is 0 Å². The van der Waals surface area contributed by atoms with E-state index in [4.69, 9.17) is 9.47 Å². The number of ether oxygens (including phenoxy) is 2. The molecule has 1 aliphatic carbocycles. The van der Waals surface area contributed by atoms with Gasteiger partial charge in [0.15, 0.2) is 0 Å². The molecule has 4 heteroatoms. The zero-order chi connectivity index (χ0) is 27.9. The lowest BCUT2D eigenvalue weighted by atomic mass is 9.64. The zero-order valence-corrected chi connectivity index (χ0v) is 24.6. The van der Waals surface area contributed by atoms with Crippen molar-refractivity contribution in [2.75, 3.05) is 13.2 Å². The molecule has 1 saturated carbocycles. The van der Waals surface area contributed by atoms with Crippen LogP contribution in [0.25, 0.3) is 11.1 Å². The van der Waals surface area contributed by atoms with Crippen molar-refractivity contribution >= 4 is 5.97 Å². The maximum atomic E-state index is 11.9. The van der Waals surface area contributed by atoms with Crippen molar-refractivity contribution in [3.63, 3.8) is 0 Å². The predicted molar refractivity (Wildman–Crippen MR) is 160 cm³/mol. The first kappa shape index (κ1) is 30.7. The van der Waals surface area contributed by atoms with Crippen molar-refractivity contribution in [1.29, 1.82) is 5.26 Å². The number of rotatable bonds is 16. The van der Waals surface area contributed by atoms with Crippen molar-refractivity contribution in [2.24, 2.45) is 11.3 Å². The fourth-order valence-electron chi connectivity index (χ4n) is 5.72. The summed E-state index contributed by atoms with van der Waals surface area (Å²) in [4.78, 5) is 11.9. The van der Waals surface area contributed by atoms with E-state index in [1.54, 1.807) is 0 Å². The molecule has 1 fully saturated rings. The Morgan fingerprint density at radius 1 is 0.897 bits per heavy atom. The molecule has 0 bridgehead atoms. The van der Waals surface area contributed by atoms with E-state index in [9.17, 15) is 10.1 Å². The van der Waals surface area contributed by atoms with Crippen LogP contribution in [0.1, 0.15) is 116 Å². The first-order chi connectivity index (χ1) is 19.0. The second kappa shape index (κ2) is 16.3. The molecule has 1 aliphatic rings. The molecule has 1 atom stereocenters. The van der Waals surface area contributed by atoms with Gasteiger partial charge in [-0.1, -0.05) is 95.7 Å². The third kappa shape index (κ3) is 9.41. The van der Waals surface area contributed by atoms with Gasteiger partial charge in [0.2, 0.25) is 0 Å². The van der Waals surface area contributed by atoms with E-state index in [1.807, 2.05) is 0 Å². The van der Waals surface area contributed by atoms with Crippen molar-refractivity contribution < 1.29 is 14.3 Å². The molecule has 0 N–H and O–H groups in total. The minimum atomic E-state index is -0.402. The van der Waals surface area contributed by atoms with E-state index in [-0.39, 0.29) is 11.9 Å². The Balaban J connectivity index is 1.46. The molecule has 0 aliphatic heterocycles. The van der Waals surface area contributed by atoms with Gasteiger partial charge in [0.25, 0.3) is 0 Å². The number of esters is 1. The molecule has 0 amide bonds. The topological polar surface area (TPSA) is 59.3 Å². The van der Waals surface area contributed by atoms with Crippen LogP contribution in [0.5, 0.6) is 5.75 Å². The number of hydrogen-bond donors (Lipinski definition) is 0. The van der Waals surface area contributed by atoms with Crippen LogP contribution in [0.15, 0.2) is 48.5 Å². The van der Waals surface area contributed by atoms with Gasteiger partial charge in [0.05, 0.1) is 24.7 Å². The Labute approximate surface area is 237 Å². The van der Waals surface area contributed by atoms with Crippen molar-refractivity contribution in [3.8, 4) is 22.9 Å². The van der Waals surface area contributed by atoms with Crippen LogP contribution in [-0.4, -0.2) is 19.2 Å². The predicted octanol–water partition coefficient (Wildman–Crippen LogP) is 9.63. The largest absolute Gasteiger partial charge is 0.494 e. The molecule has 4 nitrogen and oxygen atoms in total. The fourth-order valence-corrected chi connectivity index (χ4v) is 5.72. The van der Waals surface area contributed by atoms with Gasteiger partial charge >= 0.3 is 5.97 Å². The lowest BCUT2D eigenvalue weighted by Gasteiger charge is -2.39.